The lowest BCUT2D eigenvalue weighted by atomic mass is 10.0. The maximum absolute atomic E-state index is 13.8. The number of amides is 2. The van der Waals surface area contributed by atoms with Crippen molar-refractivity contribution >= 4 is 23.2 Å². The van der Waals surface area contributed by atoms with Crippen LogP contribution in [0.4, 0.5) is 11.4 Å². The number of anilines is 2. The number of benzene rings is 3. The van der Waals surface area contributed by atoms with Gasteiger partial charge in [0, 0.05) is 18.7 Å². The van der Waals surface area contributed by atoms with Crippen LogP contribution in [0.1, 0.15) is 18.0 Å². The molecule has 3 aromatic carbocycles. The van der Waals surface area contributed by atoms with Crippen LogP contribution in [0.3, 0.4) is 0 Å². The van der Waals surface area contributed by atoms with E-state index in [1.165, 1.54) is 0 Å². The summed E-state index contributed by atoms with van der Waals surface area (Å²) in [4.78, 5) is 28.9. The molecule has 0 saturated carbocycles. The summed E-state index contributed by atoms with van der Waals surface area (Å²) in [6.07, 6.45) is 0.140. The Morgan fingerprint density at radius 3 is 2.42 bits per heavy atom. The topological polar surface area (TPSA) is 85.1 Å². The number of nitrogens with zero attached hydrogens (tertiary/aromatic N) is 2. The molecule has 1 aliphatic heterocycles. The van der Waals surface area contributed by atoms with Crippen LogP contribution in [0.25, 0.3) is 0 Å². The zero-order valence-electron chi connectivity index (χ0n) is 18.5. The van der Waals surface area contributed by atoms with Gasteiger partial charge in [-0.1, -0.05) is 42.5 Å². The summed E-state index contributed by atoms with van der Waals surface area (Å²) in [5, 5.41) is 0. The first-order valence-electron chi connectivity index (χ1n) is 10.8. The van der Waals surface area contributed by atoms with Gasteiger partial charge in [0.2, 0.25) is 11.8 Å². The molecule has 1 atom stereocenters. The molecule has 0 aliphatic carbocycles. The van der Waals surface area contributed by atoms with E-state index in [9.17, 15) is 9.59 Å². The Hall–Kier alpha value is -4.00. The molecular weight excluding hydrogens is 418 g/mol. The van der Waals surface area contributed by atoms with Crippen LogP contribution in [0.5, 0.6) is 11.5 Å². The van der Waals surface area contributed by atoms with Crippen molar-refractivity contribution < 1.29 is 19.1 Å². The average Bonchev–Trinajstić information content (AvgIpc) is 2.86. The first-order chi connectivity index (χ1) is 16.1. The van der Waals surface area contributed by atoms with E-state index in [4.69, 9.17) is 15.2 Å². The van der Waals surface area contributed by atoms with Gasteiger partial charge in [-0.25, -0.2) is 0 Å². The van der Waals surface area contributed by atoms with Crippen LogP contribution in [0.2, 0.25) is 0 Å². The third kappa shape index (κ3) is 5.09. The first-order valence-corrected chi connectivity index (χ1v) is 10.8. The Balaban J connectivity index is 1.65. The number of carbonyl (C=O) groups excluding carboxylic acids is 2. The quantitative estimate of drug-likeness (QED) is 0.573. The zero-order chi connectivity index (χ0) is 23.2. The van der Waals surface area contributed by atoms with Crippen molar-refractivity contribution in [3.8, 4) is 11.5 Å². The maximum atomic E-state index is 13.8. The molecule has 3 aromatic rings. The van der Waals surface area contributed by atoms with Gasteiger partial charge in [-0.2, -0.15) is 0 Å². The number of hydrogen-bond donors (Lipinski definition) is 1. The van der Waals surface area contributed by atoms with E-state index in [1.807, 2.05) is 83.8 Å². The van der Waals surface area contributed by atoms with Gasteiger partial charge >= 0.3 is 0 Å². The molecule has 0 saturated heterocycles. The van der Waals surface area contributed by atoms with Crippen molar-refractivity contribution in [1.29, 1.82) is 0 Å². The minimum Gasteiger partial charge on any atom is -0.497 e. The minimum absolute atomic E-state index is 0.0806. The van der Waals surface area contributed by atoms with Gasteiger partial charge in [-0.15, -0.1) is 0 Å². The molecule has 33 heavy (non-hydrogen) atoms. The second-order valence-corrected chi connectivity index (χ2v) is 7.80. The summed E-state index contributed by atoms with van der Waals surface area (Å²) in [6, 6.07) is 24.5. The Bertz CT molecular complexity index is 1100. The highest BCUT2D eigenvalue weighted by Gasteiger charge is 2.34. The summed E-state index contributed by atoms with van der Waals surface area (Å²) < 4.78 is 11.2. The van der Waals surface area contributed by atoms with E-state index >= 15 is 0 Å². The molecule has 4 rings (SSSR count). The fraction of sp³-hybridized carbons (Fsp3) is 0.231. The van der Waals surface area contributed by atoms with Gasteiger partial charge < -0.3 is 20.1 Å². The Morgan fingerprint density at radius 2 is 1.73 bits per heavy atom. The molecule has 1 aliphatic rings. The lowest BCUT2D eigenvalue weighted by Crippen LogP contribution is -2.46. The fourth-order valence-electron chi connectivity index (χ4n) is 4.00. The number of ether oxygens (including phenoxy) is 2. The van der Waals surface area contributed by atoms with Gasteiger partial charge in [0.1, 0.15) is 18.1 Å². The van der Waals surface area contributed by atoms with Crippen LogP contribution >= 0.6 is 0 Å². The number of primary amides is 1. The molecule has 2 N–H and O–H groups in total. The lowest BCUT2D eigenvalue weighted by molar-refractivity contribution is -0.119. The van der Waals surface area contributed by atoms with Crippen molar-refractivity contribution in [2.24, 2.45) is 5.73 Å². The first kappa shape index (κ1) is 22.2. The van der Waals surface area contributed by atoms with E-state index in [2.05, 4.69) is 0 Å². The summed E-state index contributed by atoms with van der Waals surface area (Å²) in [5.74, 6) is 0.872. The monoisotopic (exact) mass is 445 g/mol. The van der Waals surface area contributed by atoms with E-state index in [1.54, 1.807) is 12.0 Å². The molecule has 0 radical (unpaired) electrons. The lowest BCUT2D eigenvalue weighted by Gasteiger charge is -2.38. The number of nitrogens with two attached hydrogens (primary N) is 1. The zero-order valence-corrected chi connectivity index (χ0v) is 18.5. The average molecular weight is 446 g/mol. The number of para-hydroxylation sites is 2. The van der Waals surface area contributed by atoms with Crippen molar-refractivity contribution in [2.75, 3.05) is 36.6 Å². The van der Waals surface area contributed by atoms with Gasteiger partial charge in [-0.05, 0) is 42.0 Å². The summed E-state index contributed by atoms with van der Waals surface area (Å²) in [5.41, 5.74) is 7.93. The van der Waals surface area contributed by atoms with Crippen LogP contribution < -0.4 is 25.0 Å². The third-order valence-electron chi connectivity index (χ3n) is 5.68. The molecule has 170 valence electrons. The molecule has 0 fully saturated rings. The number of carbonyl (C=O) groups is 2. The molecule has 1 heterocycles. The van der Waals surface area contributed by atoms with Crippen LogP contribution in [0, 0.1) is 0 Å². The van der Waals surface area contributed by atoms with Crippen molar-refractivity contribution in [2.45, 2.75) is 12.5 Å². The largest absolute Gasteiger partial charge is 0.497 e. The number of fused-ring (bicyclic) bond motifs is 1. The van der Waals surface area contributed by atoms with E-state index < -0.39 is 5.91 Å². The highest BCUT2D eigenvalue weighted by atomic mass is 16.5. The number of hydrogen-bond acceptors (Lipinski definition) is 5. The SMILES string of the molecule is COc1ccc(N(CCC(N)=O)CC(=O)N2c3ccccc3OCC2c2ccccc2)cc1. The van der Waals surface area contributed by atoms with E-state index in [-0.39, 0.29) is 24.9 Å². The van der Waals surface area contributed by atoms with Crippen molar-refractivity contribution in [3.05, 3.63) is 84.4 Å². The highest BCUT2D eigenvalue weighted by molar-refractivity contribution is 5.99. The van der Waals surface area contributed by atoms with Crippen LogP contribution in [-0.2, 0) is 9.59 Å². The smallest absolute Gasteiger partial charge is 0.247 e. The van der Waals surface area contributed by atoms with Gasteiger partial charge in [0.25, 0.3) is 0 Å². The summed E-state index contributed by atoms with van der Waals surface area (Å²) in [7, 11) is 1.60. The maximum Gasteiger partial charge on any atom is 0.247 e. The summed E-state index contributed by atoms with van der Waals surface area (Å²) in [6.45, 7) is 0.767. The minimum atomic E-state index is -0.417. The fourth-order valence-corrected chi connectivity index (χ4v) is 4.00. The van der Waals surface area contributed by atoms with Gasteiger partial charge in [-0.3, -0.25) is 14.5 Å². The predicted octanol–water partition coefficient (Wildman–Crippen LogP) is 3.54. The Morgan fingerprint density at radius 1 is 1.03 bits per heavy atom. The van der Waals surface area contributed by atoms with E-state index in [0.29, 0.717) is 24.7 Å². The molecule has 0 bridgehead atoms. The van der Waals surface area contributed by atoms with Crippen molar-refractivity contribution in [1.82, 2.24) is 0 Å². The predicted molar refractivity (Wildman–Crippen MR) is 128 cm³/mol. The molecular formula is C26H27N3O4. The van der Waals surface area contributed by atoms with Crippen LogP contribution in [0.15, 0.2) is 78.9 Å². The second kappa shape index (κ2) is 10.1. The van der Waals surface area contributed by atoms with Crippen molar-refractivity contribution in [3.63, 3.8) is 0 Å². The molecule has 7 heteroatoms. The molecule has 0 aromatic heterocycles. The molecule has 0 spiro atoms. The molecule has 1 unspecified atom stereocenters. The number of rotatable bonds is 8. The normalized spacial score (nSPS) is 14.7. The third-order valence-corrected chi connectivity index (χ3v) is 5.68. The van der Waals surface area contributed by atoms with Gasteiger partial charge in [0.05, 0.1) is 25.4 Å². The number of methoxy groups -OCH3 is 1. The summed E-state index contributed by atoms with van der Waals surface area (Å²) >= 11 is 0. The Labute approximate surface area is 193 Å². The highest BCUT2D eigenvalue weighted by Crippen LogP contribution is 2.39. The van der Waals surface area contributed by atoms with Crippen LogP contribution in [-0.4, -0.2) is 38.6 Å². The second-order valence-electron chi connectivity index (χ2n) is 7.80. The molecule has 2 amide bonds. The standard InChI is InChI=1S/C26H27N3O4/c1-32-21-13-11-20(12-14-21)28(16-15-25(27)30)17-26(31)29-22-9-5-6-10-24(22)33-18-23(29)19-7-3-2-4-8-19/h2-14,23H,15-18H2,1H3,(H2,27,30). The van der Waals surface area contributed by atoms with E-state index in [0.717, 1.165) is 16.9 Å². The van der Waals surface area contributed by atoms with Gasteiger partial charge in [0.15, 0.2) is 0 Å². The Kier molecular flexibility index (Phi) is 6.78. The molecule has 7 nitrogen and oxygen atoms in total.